The molecule has 3 aromatic carbocycles. The minimum absolute atomic E-state index is 0.0406. The van der Waals surface area contributed by atoms with Crippen LogP contribution in [0, 0.1) is 0 Å². The first-order valence-corrected chi connectivity index (χ1v) is 10.1. The van der Waals surface area contributed by atoms with Gasteiger partial charge in [0, 0.05) is 28.4 Å². The highest BCUT2D eigenvalue weighted by atomic mass is 19.4. The van der Waals surface area contributed by atoms with E-state index in [9.17, 15) is 22.8 Å². The van der Waals surface area contributed by atoms with Gasteiger partial charge < -0.3 is 14.6 Å². The molecule has 1 amide bonds. The average Bonchev–Trinajstić information content (AvgIpc) is 3.16. The Labute approximate surface area is 187 Å². The number of nitrogens with one attached hydrogen (secondary N) is 1. The van der Waals surface area contributed by atoms with Gasteiger partial charge in [-0.3, -0.25) is 9.59 Å². The molecule has 33 heavy (non-hydrogen) atoms. The van der Waals surface area contributed by atoms with Gasteiger partial charge in [0.2, 0.25) is 11.7 Å². The number of anilines is 1. The van der Waals surface area contributed by atoms with Crippen molar-refractivity contribution in [2.75, 3.05) is 11.9 Å². The second-order valence-corrected chi connectivity index (χ2v) is 7.34. The molecule has 8 heteroatoms. The molecule has 4 aromatic rings. The molecule has 0 aliphatic rings. The van der Waals surface area contributed by atoms with E-state index in [0.717, 1.165) is 12.1 Å². The highest BCUT2D eigenvalue weighted by Gasteiger charge is 2.30. The van der Waals surface area contributed by atoms with E-state index in [-0.39, 0.29) is 24.6 Å². The molecule has 0 radical (unpaired) electrons. The minimum Gasteiger partial charge on any atom is -0.485 e. The van der Waals surface area contributed by atoms with Gasteiger partial charge in [0.1, 0.15) is 12.3 Å². The lowest BCUT2D eigenvalue weighted by atomic mass is 10.1. The first-order valence-electron chi connectivity index (χ1n) is 10.1. The fourth-order valence-corrected chi connectivity index (χ4v) is 3.47. The molecule has 1 aromatic heterocycles. The monoisotopic (exact) mass is 452 g/mol. The molecule has 5 nitrogen and oxygen atoms in total. The van der Waals surface area contributed by atoms with Crippen molar-refractivity contribution < 1.29 is 27.5 Å². The molecule has 4 rings (SSSR count). The van der Waals surface area contributed by atoms with Gasteiger partial charge in [0.15, 0.2) is 6.61 Å². The molecular weight excluding hydrogens is 433 g/mol. The molecule has 1 heterocycles. The number of aromatic nitrogens is 1. The summed E-state index contributed by atoms with van der Waals surface area (Å²) in [6, 6.07) is 20.5. The summed E-state index contributed by atoms with van der Waals surface area (Å²) < 4.78 is 45.9. The maximum atomic E-state index is 12.9. The van der Waals surface area contributed by atoms with Crippen molar-refractivity contribution >= 4 is 28.3 Å². The summed E-state index contributed by atoms with van der Waals surface area (Å²) in [5, 5.41) is 3.14. The quantitative estimate of drug-likeness (QED) is 0.374. The molecule has 0 spiro atoms. The van der Waals surface area contributed by atoms with Crippen molar-refractivity contribution in [2.45, 2.75) is 12.7 Å². The number of hydrogen-bond acceptors (Lipinski definition) is 3. The van der Waals surface area contributed by atoms with Gasteiger partial charge in [-0.05, 0) is 36.4 Å². The number of carbonyl (C=O) groups excluding carboxylic acids is 2. The zero-order chi connectivity index (χ0) is 23.4. The van der Waals surface area contributed by atoms with E-state index >= 15 is 0 Å². The van der Waals surface area contributed by atoms with Crippen LogP contribution >= 0.6 is 0 Å². The van der Waals surface area contributed by atoms with E-state index in [2.05, 4.69) is 5.32 Å². The van der Waals surface area contributed by atoms with Gasteiger partial charge in [0.25, 0.3) is 0 Å². The van der Waals surface area contributed by atoms with E-state index in [0.29, 0.717) is 22.2 Å². The molecule has 0 aliphatic heterocycles. The van der Waals surface area contributed by atoms with E-state index in [1.165, 1.54) is 12.1 Å². The summed E-state index contributed by atoms with van der Waals surface area (Å²) in [7, 11) is 0. The Morgan fingerprint density at radius 1 is 0.909 bits per heavy atom. The van der Waals surface area contributed by atoms with Crippen LogP contribution in [0.3, 0.4) is 0 Å². The van der Waals surface area contributed by atoms with E-state index in [1.807, 2.05) is 6.07 Å². The number of ketones is 1. The third kappa shape index (κ3) is 5.23. The highest BCUT2D eigenvalue weighted by molar-refractivity contribution is 6.09. The summed E-state index contributed by atoms with van der Waals surface area (Å²) in [6.07, 6.45) is -2.94. The topological polar surface area (TPSA) is 60.3 Å². The Bertz CT molecular complexity index is 1300. The smallest absolute Gasteiger partial charge is 0.416 e. The van der Waals surface area contributed by atoms with Crippen molar-refractivity contribution in [3.8, 4) is 5.75 Å². The Balaban J connectivity index is 1.51. The van der Waals surface area contributed by atoms with Crippen molar-refractivity contribution in [3.63, 3.8) is 0 Å². The van der Waals surface area contributed by atoms with Crippen LogP contribution in [0.15, 0.2) is 85.1 Å². The molecule has 1 N–H and O–H groups in total. The first kappa shape index (κ1) is 22.1. The SMILES string of the molecule is O=C(Cn1cc(C(=O)COc2ccccc2)c2ccccc21)Nc1cccc(C(F)(F)F)c1. The lowest BCUT2D eigenvalue weighted by Gasteiger charge is -2.10. The number of hydrogen-bond donors (Lipinski definition) is 1. The van der Waals surface area contributed by atoms with Gasteiger partial charge in [-0.25, -0.2) is 0 Å². The Morgan fingerprint density at radius 3 is 2.39 bits per heavy atom. The summed E-state index contributed by atoms with van der Waals surface area (Å²) in [6.45, 7) is -0.349. The average molecular weight is 452 g/mol. The number of nitrogens with zero attached hydrogens (tertiary/aromatic N) is 1. The zero-order valence-corrected chi connectivity index (χ0v) is 17.3. The van der Waals surface area contributed by atoms with E-state index in [1.54, 1.807) is 59.3 Å². The molecule has 0 atom stereocenters. The van der Waals surface area contributed by atoms with Crippen molar-refractivity contribution in [1.29, 1.82) is 0 Å². The predicted molar refractivity (Wildman–Crippen MR) is 118 cm³/mol. The number of halogens is 3. The molecule has 0 aliphatic carbocycles. The van der Waals surface area contributed by atoms with Crippen LogP contribution in [0.4, 0.5) is 18.9 Å². The minimum atomic E-state index is -4.51. The lowest BCUT2D eigenvalue weighted by Crippen LogP contribution is -2.19. The molecule has 0 fully saturated rings. The Hall–Kier alpha value is -4.07. The van der Waals surface area contributed by atoms with Crippen LogP contribution in [-0.4, -0.2) is 22.9 Å². The zero-order valence-electron chi connectivity index (χ0n) is 17.3. The predicted octanol–water partition coefficient (Wildman–Crippen LogP) is 5.56. The van der Waals surface area contributed by atoms with Crippen LogP contribution in [0.2, 0.25) is 0 Å². The van der Waals surface area contributed by atoms with Crippen LogP contribution in [0.5, 0.6) is 5.75 Å². The van der Waals surface area contributed by atoms with Crippen LogP contribution in [-0.2, 0) is 17.5 Å². The van der Waals surface area contributed by atoms with Crippen LogP contribution in [0.1, 0.15) is 15.9 Å². The van der Waals surface area contributed by atoms with Gasteiger partial charge in [-0.15, -0.1) is 0 Å². The number of amides is 1. The summed E-state index contributed by atoms with van der Waals surface area (Å²) in [5.41, 5.74) is 0.241. The number of alkyl halides is 3. The van der Waals surface area contributed by atoms with Crippen molar-refractivity contribution in [2.24, 2.45) is 0 Å². The second kappa shape index (κ2) is 9.20. The van der Waals surface area contributed by atoms with Crippen LogP contribution < -0.4 is 10.1 Å². The van der Waals surface area contributed by atoms with Gasteiger partial charge >= 0.3 is 6.18 Å². The highest BCUT2D eigenvalue weighted by Crippen LogP contribution is 2.30. The maximum absolute atomic E-state index is 12.9. The normalized spacial score (nSPS) is 11.4. The van der Waals surface area contributed by atoms with Crippen molar-refractivity contribution in [3.05, 3.63) is 96.2 Å². The molecule has 168 valence electrons. The number of carbonyl (C=O) groups is 2. The number of fused-ring (bicyclic) bond motifs is 1. The number of benzene rings is 3. The largest absolute Gasteiger partial charge is 0.485 e. The lowest BCUT2D eigenvalue weighted by molar-refractivity contribution is -0.137. The molecule has 0 unspecified atom stereocenters. The molecule has 0 saturated heterocycles. The molecule has 0 saturated carbocycles. The number of Topliss-reactive ketones (excluding diaryl/α,β-unsaturated/α-hetero) is 1. The summed E-state index contributed by atoms with van der Waals surface area (Å²) >= 11 is 0. The third-order valence-corrected chi connectivity index (χ3v) is 4.99. The maximum Gasteiger partial charge on any atom is 0.416 e. The number of ether oxygens (including phenoxy) is 1. The second-order valence-electron chi connectivity index (χ2n) is 7.34. The van der Waals surface area contributed by atoms with Gasteiger partial charge in [-0.1, -0.05) is 42.5 Å². The van der Waals surface area contributed by atoms with Crippen LogP contribution in [0.25, 0.3) is 10.9 Å². The molecular formula is C25H19F3N2O3. The Kier molecular flexibility index (Phi) is 6.17. The summed E-state index contributed by atoms with van der Waals surface area (Å²) in [5.74, 6) is -0.211. The van der Waals surface area contributed by atoms with E-state index in [4.69, 9.17) is 4.74 Å². The standard InChI is InChI=1S/C25H19F3N2O3/c26-25(27,28)17-7-6-8-18(13-17)29-24(32)15-30-14-21(20-11-4-5-12-22(20)30)23(31)16-33-19-9-2-1-3-10-19/h1-14H,15-16H2,(H,29,32). The number of rotatable bonds is 7. The number of para-hydroxylation sites is 2. The first-order chi connectivity index (χ1) is 15.8. The van der Waals surface area contributed by atoms with Crippen molar-refractivity contribution in [1.82, 2.24) is 4.57 Å². The summed E-state index contributed by atoms with van der Waals surface area (Å²) in [4.78, 5) is 25.4. The van der Waals surface area contributed by atoms with Gasteiger partial charge in [-0.2, -0.15) is 13.2 Å². The third-order valence-electron chi connectivity index (χ3n) is 4.99. The molecule has 0 bridgehead atoms. The Morgan fingerprint density at radius 2 is 1.64 bits per heavy atom. The fraction of sp³-hybridized carbons (Fsp3) is 0.120. The van der Waals surface area contributed by atoms with Gasteiger partial charge in [0.05, 0.1) is 5.56 Å². The van der Waals surface area contributed by atoms with E-state index < -0.39 is 17.6 Å². The fourth-order valence-electron chi connectivity index (χ4n) is 3.47.